The van der Waals surface area contributed by atoms with Crippen molar-refractivity contribution in [3.8, 4) is 5.75 Å². The molecule has 10 heteroatoms. The van der Waals surface area contributed by atoms with Crippen LogP contribution in [0.2, 0.25) is 0 Å². The molecule has 0 saturated heterocycles. The number of carboxylic acids is 1. The summed E-state index contributed by atoms with van der Waals surface area (Å²) < 4.78 is 10.6. The molecule has 0 spiro atoms. The molecule has 1 aliphatic heterocycles. The lowest BCUT2D eigenvalue weighted by Crippen LogP contribution is -2.38. The van der Waals surface area contributed by atoms with Gasteiger partial charge in [0.05, 0.1) is 24.9 Å². The van der Waals surface area contributed by atoms with Gasteiger partial charge in [-0.15, -0.1) is 11.3 Å². The van der Waals surface area contributed by atoms with Gasteiger partial charge in [0, 0.05) is 35.2 Å². The van der Waals surface area contributed by atoms with Gasteiger partial charge in [0.2, 0.25) is 0 Å². The number of nitrogens with one attached hydrogen (secondary N) is 3. The Bertz CT molecular complexity index is 1410. The topological polar surface area (TPSA) is 126 Å². The molecule has 0 fully saturated rings. The zero-order chi connectivity index (χ0) is 22.6. The normalized spacial score (nSPS) is 15.5. The number of benzene rings is 1. The van der Waals surface area contributed by atoms with Crippen LogP contribution in [0.25, 0.3) is 21.1 Å². The van der Waals surface area contributed by atoms with Crippen molar-refractivity contribution in [2.24, 2.45) is 0 Å². The van der Waals surface area contributed by atoms with Crippen LogP contribution in [-0.2, 0) is 11.3 Å². The molecule has 1 amide bonds. The fourth-order valence-electron chi connectivity index (χ4n) is 4.19. The molecule has 164 valence electrons. The minimum absolute atomic E-state index is 0.000114. The first kappa shape index (κ1) is 20.3. The molecule has 4 N–H and O–H groups in total. The van der Waals surface area contributed by atoms with E-state index in [0.717, 1.165) is 21.5 Å². The Hall–Kier alpha value is -3.63. The van der Waals surface area contributed by atoms with Crippen molar-refractivity contribution >= 4 is 50.0 Å². The molecule has 5 rings (SSSR count). The Morgan fingerprint density at radius 1 is 1.25 bits per heavy atom. The standard InChI is InChI=1S/C22H20N4O5S/c1-9-6-10(8-30-2)14-16-18(32-21(14)23-9)20(27)26-19(25-16)15-12-5-4-11(31-3)7-13(12)24-17(15)22(28)29/h4-7,19,24-25H,8H2,1-3H3,(H,26,27)(H,28,29)/t19-/m0/s1. The average Bonchev–Trinajstić information content (AvgIpc) is 3.32. The van der Waals surface area contributed by atoms with E-state index < -0.39 is 12.1 Å². The first-order valence-corrected chi connectivity index (χ1v) is 10.6. The van der Waals surface area contributed by atoms with E-state index in [1.54, 1.807) is 32.4 Å². The van der Waals surface area contributed by atoms with Crippen LogP contribution >= 0.6 is 11.3 Å². The summed E-state index contributed by atoms with van der Waals surface area (Å²) in [6, 6.07) is 7.20. The Balaban J connectivity index is 1.69. The molecule has 0 saturated carbocycles. The van der Waals surface area contributed by atoms with Gasteiger partial charge < -0.3 is 30.2 Å². The van der Waals surface area contributed by atoms with Crippen LogP contribution in [0, 0.1) is 6.92 Å². The number of nitrogens with zero attached hydrogens (tertiary/aromatic N) is 1. The van der Waals surface area contributed by atoms with E-state index in [4.69, 9.17) is 9.47 Å². The van der Waals surface area contributed by atoms with Crippen molar-refractivity contribution < 1.29 is 24.2 Å². The second kappa shape index (κ2) is 7.50. The zero-order valence-corrected chi connectivity index (χ0v) is 18.3. The lowest BCUT2D eigenvalue weighted by Gasteiger charge is -2.27. The molecule has 0 bridgehead atoms. The number of aromatic carboxylic acids is 1. The summed E-state index contributed by atoms with van der Waals surface area (Å²) in [5.41, 5.74) is 3.43. The number of anilines is 1. The monoisotopic (exact) mass is 452 g/mol. The van der Waals surface area contributed by atoms with Gasteiger partial charge in [0.15, 0.2) is 0 Å². The number of thiophene rings is 1. The van der Waals surface area contributed by atoms with E-state index >= 15 is 0 Å². The SMILES string of the molecule is COCc1cc(C)nc2sc3c(c12)N[C@H](c1c(C(=O)O)[nH]c2cc(OC)ccc12)NC3=O. The number of carbonyl (C=O) groups is 2. The van der Waals surface area contributed by atoms with Gasteiger partial charge in [-0.05, 0) is 30.7 Å². The van der Waals surface area contributed by atoms with Crippen LogP contribution in [0.3, 0.4) is 0 Å². The summed E-state index contributed by atoms with van der Waals surface area (Å²) in [5.74, 6) is -0.809. The predicted molar refractivity (Wildman–Crippen MR) is 121 cm³/mol. The quantitative estimate of drug-likeness (QED) is 0.363. The number of aryl methyl sites for hydroxylation is 1. The van der Waals surface area contributed by atoms with E-state index in [1.165, 1.54) is 11.3 Å². The summed E-state index contributed by atoms with van der Waals surface area (Å²) in [7, 11) is 3.16. The molecule has 4 aromatic rings. The van der Waals surface area contributed by atoms with Gasteiger partial charge in [-0.3, -0.25) is 4.79 Å². The van der Waals surface area contributed by atoms with E-state index in [0.29, 0.717) is 39.4 Å². The minimum Gasteiger partial charge on any atom is -0.497 e. The number of methoxy groups -OCH3 is 2. The minimum atomic E-state index is -1.12. The van der Waals surface area contributed by atoms with E-state index in [9.17, 15) is 14.7 Å². The number of carboxylic acid groups (broad SMARTS) is 1. The molecule has 1 aliphatic rings. The third-order valence-electron chi connectivity index (χ3n) is 5.49. The summed E-state index contributed by atoms with van der Waals surface area (Å²) >= 11 is 1.30. The molecule has 4 heterocycles. The van der Waals surface area contributed by atoms with Crippen LogP contribution in [0.15, 0.2) is 24.3 Å². The van der Waals surface area contributed by atoms with Gasteiger partial charge in [-0.2, -0.15) is 0 Å². The van der Waals surface area contributed by atoms with Gasteiger partial charge in [0.1, 0.15) is 27.3 Å². The number of hydrogen-bond donors (Lipinski definition) is 4. The van der Waals surface area contributed by atoms with Crippen LogP contribution in [-0.4, -0.2) is 41.2 Å². The molecular weight excluding hydrogens is 432 g/mol. The Labute approximate surface area is 186 Å². The second-order valence-electron chi connectivity index (χ2n) is 7.52. The summed E-state index contributed by atoms with van der Waals surface area (Å²) in [6.07, 6.45) is -0.752. The largest absolute Gasteiger partial charge is 0.497 e. The van der Waals surface area contributed by atoms with Crippen molar-refractivity contribution in [2.75, 3.05) is 19.5 Å². The Morgan fingerprint density at radius 2 is 2.06 bits per heavy atom. The number of carbonyl (C=O) groups excluding carboxylic acids is 1. The molecule has 0 radical (unpaired) electrons. The summed E-state index contributed by atoms with van der Waals surface area (Å²) in [4.78, 5) is 33.8. The molecular formula is C22H20N4O5S. The molecule has 9 nitrogen and oxygen atoms in total. The third-order valence-corrected chi connectivity index (χ3v) is 6.57. The molecule has 32 heavy (non-hydrogen) atoms. The summed E-state index contributed by atoms with van der Waals surface area (Å²) in [5, 5.41) is 17.6. The van der Waals surface area contributed by atoms with Gasteiger partial charge in [0.25, 0.3) is 5.91 Å². The number of fused-ring (bicyclic) bond motifs is 4. The van der Waals surface area contributed by atoms with Crippen molar-refractivity contribution in [3.63, 3.8) is 0 Å². The number of rotatable bonds is 5. The highest BCUT2D eigenvalue weighted by atomic mass is 32.1. The highest BCUT2D eigenvalue weighted by Gasteiger charge is 2.34. The number of aromatic nitrogens is 2. The molecule has 3 aromatic heterocycles. The first-order valence-electron chi connectivity index (χ1n) is 9.83. The van der Waals surface area contributed by atoms with Crippen molar-refractivity contribution in [1.82, 2.24) is 15.3 Å². The van der Waals surface area contributed by atoms with Crippen LogP contribution in [0.5, 0.6) is 5.75 Å². The first-order chi connectivity index (χ1) is 15.4. The lowest BCUT2D eigenvalue weighted by molar-refractivity contribution is 0.0688. The number of amides is 1. The molecule has 1 aromatic carbocycles. The Morgan fingerprint density at radius 3 is 2.78 bits per heavy atom. The molecule has 0 aliphatic carbocycles. The molecule has 0 unspecified atom stereocenters. The van der Waals surface area contributed by atoms with Crippen LogP contribution in [0.4, 0.5) is 5.69 Å². The fourth-order valence-corrected chi connectivity index (χ4v) is 5.33. The lowest BCUT2D eigenvalue weighted by atomic mass is 10.0. The zero-order valence-electron chi connectivity index (χ0n) is 17.5. The van der Waals surface area contributed by atoms with Gasteiger partial charge in [-0.25, -0.2) is 9.78 Å². The maximum atomic E-state index is 13.1. The Kier molecular flexibility index (Phi) is 4.75. The molecule has 1 atom stereocenters. The number of ether oxygens (including phenoxy) is 2. The average molecular weight is 452 g/mol. The highest BCUT2D eigenvalue weighted by Crippen LogP contribution is 2.43. The number of aromatic amines is 1. The van der Waals surface area contributed by atoms with E-state index in [1.807, 2.05) is 13.0 Å². The van der Waals surface area contributed by atoms with Crippen molar-refractivity contribution in [2.45, 2.75) is 19.7 Å². The third kappa shape index (κ3) is 3.07. The smallest absolute Gasteiger partial charge is 0.352 e. The van der Waals surface area contributed by atoms with E-state index in [-0.39, 0.29) is 11.6 Å². The van der Waals surface area contributed by atoms with Gasteiger partial charge >= 0.3 is 5.97 Å². The number of pyridine rings is 1. The van der Waals surface area contributed by atoms with Gasteiger partial charge in [-0.1, -0.05) is 0 Å². The maximum Gasteiger partial charge on any atom is 0.352 e. The second-order valence-corrected chi connectivity index (χ2v) is 8.52. The van der Waals surface area contributed by atoms with Crippen LogP contribution in [0.1, 0.15) is 43.1 Å². The van der Waals surface area contributed by atoms with Crippen LogP contribution < -0.4 is 15.4 Å². The number of hydrogen-bond acceptors (Lipinski definition) is 7. The highest BCUT2D eigenvalue weighted by molar-refractivity contribution is 7.21. The van der Waals surface area contributed by atoms with Crippen molar-refractivity contribution in [1.29, 1.82) is 0 Å². The predicted octanol–water partition coefficient (Wildman–Crippen LogP) is 3.79. The summed E-state index contributed by atoms with van der Waals surface area (Å²) in [6.45, 7) is 2.26. The maximum absolute atomic E-state index is 13.1. The van der Waals surface area contributed by atoms with E-state index in [2.05, 4.69) is 20.6 Å². The fraction of sp³-hybridized carbons (Fsp3) is 0.227. The number of H-pyrrole nitrogens is 1. The van der Waals surface area contributed by atoms with Crippen molar-refractivity contribution in [3.05, 3.63) is 51.7 Å².